The Morgan fingerprint density at radius 1 is 0.900 bits per heavy atom. The van der Waals surface area contributed by atoms with E-state index in [0.717, 1.165) is 0 Å². The Kier molecular flexibility index (Phi) is 11.1. The number of aliphatic hydroxyl groups excluding tert-OH is 4. The van der Waals surface area contributed by atoms with Crippen LogP contribution in [0.2, 0.25) is 0 Å². The molecule has 4 N–H and O–H groups in total. The van der Waals surface area contributed by atoms with E-state index in [4.69, 9.17) is 20.4 Å². The highest BCUT2D eigenvalue weighted by atomic mass is 16.3. The van der Waals surface area contributed by atoms with Gasteiger partial charge in [-0.25, -0.2) is 0 Å². The lowest BCUT2D eigenvalue weighted by atomic mass is 10.5. The number of hydrogen-bond donors (Lipinski definition) is 4. The van der Waals surface area contributed by atoms with Crippen LogP contribution in [0.25, 0.3) is 0 Å². The lowest BCUT2D eigenvalue weighted by Gasteiger charge is -1.90. The third-order valence-electron chi connectivity index (χ3n) is 0.528. The highest BCUT2D eigenvalue weighted by Gasteiger charge is 1.83. The molecule has 0 aliphatic heterocycles. The van der Waals surface area contributed by atoms with Crippen LogP contribution in [0.1, 0.15) is 13.8 Å². The van der Waals surface area contributed by atoms with E-state index < -0.39 is 12.2 Å². The summed E-state index contributed by atoms with van der Waals surface area (Å²) in [5.41, 5.74) is 0. The van der Waals surface area contributed by atoms with Crippen LogP contribution >= 0.6 is 0 Å². The maximum atomic E-state index is 8.11. The summed E-state index contributed by atoms with van der Waals surface area (Å²) in [6.45, 7) is 2.78. The SMILES string of the molecule is C[C@@H](O)CO.C[C@@H](O)CO. The van der Waals surface area contributed by atoms with Gasteiger partial charge in [0, 0.05) is 0 Å². The van der Waals surface area contributed by atoms with Gasteiger partial charge in [-0.05, 0) is 13.8 Å². The van der Waals surface area contributed by atoms with E-state index in [-0.39, 0.29) is 13.2 Å². The predicted molar refractivity (Wildman–Crippen MR) is 37.5 cm³/mol. The lowest BCUT2D eigenvalue weighted by Crippen LogP contribution is -2.03. The van der Waals surface area contributed by atoms with E-state index >= 15 is 0 Å². The molecule has 0 aliphatic carbocycles. The molecule has 0 heterocycles. The van der Waals surface area contributed by atoms with E-state index in [1.807, 2.05) is 0 Å². The van der Waals surface area contributed by atoms with Gasteiger partial charge in [-0.15, -0.1) is 0 Å². The van der Waals surface area contributed by atoms with Gasteiger partial charge in [0.1, 0.15) is 0 Å². The molecule has 0 aliphatic rings. The molecule has 0 saturated carbocycles. The van der Waals surface area contributed by atoms with Crippen LogP contribution in [-0.4, -0.2) is 45.8 Å². The molecular formula is C6H16O4. The molecule has 0 spiro atoms. The molecule has 0 radical (unpaired) electrons. The minimum absolute atomic E-state index is 0.139. The minimum atomic E-state index is -0.560. The first-order valence-corrected chi connectivity index (χ1v) is 3.12. The van der Waals surface area contributed by atoms with Crippen molar-refractivity contribution >= 4 is 0 Å². The van der Waals surface area contributed by atoms with Crippen LogP contribution in [0.15, 0.2) is 0 Å². The fourth-order valence-corrected chi connectivity index (χ4v) is 0. The first kappa shape index (κ1) is 12.5. The van der Waals surface area contributed by atoms with Crippen molar-refractivity contribution in [3.05, 3.63) is 0 Å². The topological polar surface area (TPSA) is 80.9 Å². The van der Waals surface area contributed by atoms with Gasteiger partial charge in [0.15, 0.2) is 0 Å². The molecule has 4 nitrogen and oxygen atoms in total. The molecule has 2 atom stereocenters. The highest BCUT2D eigenvalue weighted by molar-refractivity contribution is 4.34. The smallest absolute Gasteiger partial charge is 0.0742 e. The maximum absolute atomic E-state index is 8.11. The molecule has 0 aromatic heterocycles. The first-order chi connectivity index (χ1) is 4.54. The number of rotatable bonds is 2. The molecule has 4 heteroatoms. The molecule has 64 valence electrons. The fraction of sp³-hybridized carbons (Fsp3) is 1.00. The summed E-state index contributed by atoms with van der Waals surface area (Å²) in [6.07, 6.45) is -1.12. The van der Waals surface area contributed by atoms with Gasteiger partial charge >= 0.3 is 0 Å². The van der Waals surface area contributed by atoms with E-state index in [9.17, 15) is 0 Å². The Labute approximate surface area is 60.7 Å². The molecule has 0 rings (SSSR count). The van der Waals surface area contributed by atoms with Gasteiger partial charge in [0.25, 0.3) is 0 Å². The molecule has 10 heavy (non-hydrogen) atoms. The Hall–Kier alpha value is -0.160. The van der Waals surface area contributed by atoms with E-state index in [0.29, 0.717) is 0 Å². The van der Waals surface area contributed by atoms with E-state index in [1.54, 1.807) is 0 Å². The second-order valence-electron chi connectivity index (χ2n) is 2.06. The zero-order valence-corrected chi connectivity index (χ0v) is 6.36. The van der Waals surface area contributed by atoms with Crippen molar-refractivity contribution in [1.82, 2.24) is 0 Å². The van der Waals surface area contributed by atoms with Crippen LogP contribution in [0.4, 0.5) is 0 Å². The van der Waals surface area contributed by atoms with Crippen LogP contribution in [0.5, 0.6) is 0 Å². The average Bonchev–Trinajstić information content (AvgIpc) is 1.89. The standard InChI is InChI=1S/2C3H8O2/c2*1-3(5)2-4/h2*3-5H,2H2,1H3/t2*3-/m11/s1. The molecule has 0 amide bonds. The lowest BCUT2D eigenvalue weighted by molar-refractivity contribution is 0.110. The predicted octanol–water partition coefficient (Wildman–Crippen LogP) is -1.28. The van der Waals surface area contributed by atoms with Gasteiger partial charge in [-0.1, -0.05) is 0 Å². The Balaban J connectivity index is 0. The Morgan fingerprint density at radius 3 is 1.00 bits per heavy atom. The van der Waals surface area contributed by atoms with Gasteiger partial charge < -0.3 is 20.4 Å². The normalized spacial score (nSPS) is 15.0. The van der Waals surface area contributed by atoms with Crippen LogP contribution < -0.4 is 0 Å². The zero-order chi connectivity index (χ0) is 8.57. The highest BCUT2D eigenvalue weighted by Crippen LogP contribution is 1.69. The Bertz CT molecular complexity index is 45.7. The molecule has 0 aromatic carbocycles. The first-order valence-electron chi connectivity index (χ1n) is 3.12. The Morgan fingerprint density at radius 2 is 1.00 bits per heavy atom. The van der Waals surface area contributed by atoms with E-state index in [2.05, 4.69) is 0 Å². The molecule has 0 saturated heterocycles. The van der Waals surface area contributed by atoms with Crippen molar-refractivity contribution < 1.29 is 20.4 Å². The van der Waals surface area contributed by atoms with Gasteiger partial charge in [0.2, 0.25) is 0 Å². The van der Waals surface area contributed by atoms with Crippen molar-refractivity contribution in [2.75, 3.05) is 13.2 Å². The largest absolute Gasteiger partial charge is 0.394 e. The van der Waals surface area contributed by atoms with Crippen LogP contribution in [0.3, 0.4) is 0 Å². The molecule has 0 fully saturated rings. The summed E-state index contributed by atoms with van der Waals surface area (Å²) < 4.78 is 0. The fourth-order valence-electron chi connectivity index (χ4n) is 0. The van der Waals surface area contributed by atoms with Crippen molar-refractivity contribution in [3.63, 3.8) is 0 Å². The van der Waals surface area contributed by atoms with Crippen molar-refractivity contribution in [3.8, 4) is 0 Å². The van der Waals surface area contributed by atoms with Crippen molar-refractivity contribution in [2.24, 2.45) is 0 Å². The van der Waals surface area contributed by atoms with Crippen LogP contribution in [-0.2, 0) is 0 Å². The average molecular weight is 152 g/mol. The summed E-state index contributed by atoms with van der Waals surface area (Å²) >= 11 is 0. The second kappa shape index (κ2) is 8.84. The molecular weight excluding hydrogens is 136 g/mol. The molecule has 0 aromatic rings. The summed E-state index contributed by atoms with van der Waals surface area (Å²) in [6, 6.07) is 0. The van der Waals surface area contributed by atoms with Crippen molar-refractivity contribution in [1.29, 1.82) is 0 Å². The second-order valence-corrected chi connectivity index (χ2v) is 2.06. The number of aliphatic hydroxyl groups is 4. The monoisotopic (exact) mass is 152 g/mol. The summed E-state index contributed by atoms with van der Waals surface area (Å²) in [5.74, 6) is 0. The summed E-state index contributed by atoms with van der Waals surface area (Å²) in [4.78, 5) is 0. The van der Waals surface area contributed by atoms with Crippen molar-refractivity contribution in [2.45, 2.75) is 26.1 Å². The third-order valence-corrected chi connectivity index (χ3v) is 0.528. The molecule has 0 unspecified atom stereocenters. The van der Waals surface area contributed by atoms with Crippen LogP contribution in [0, 0.1) is 0 Å². The van der Waals surface area contributed by atoms with Gasteiger partial charge in [0.05, 0.1) is 25.4 Å². The van der Waals surface area contributed by atoms with Gasteiger partial charge in [-0.2, -0.15) is 0 Å². The number of hydrogen-bond acceptors (Lipinski definition) is 4. The molecule has 0 bridgehead atoms. The minimum Gasteiger partial charge on any atom is -0.394 e. The quantitative estimate of drug-likeness (QED) is 0.397. The maximum Gasteiger partial charge on any atom is 0.0742 e. The third kappa shape index (κ3) is 24.9. The zero-order valence-electron chi connectivity index (χ0n) is 6.36. The summed E-state index contributed by atoms with van der Waals surface area (Å²) in [7, 11) is 0. The van der Waals surface area contributed by atoms with E-state index in [1.165, 1.54) is 13.8 Å². The van der Waals surface area contributed by atoms with Gasteiger partial charge in [-0.3, -0.25) is 0 Å². The summed E-state index contributed by atoms with van der Waals surface area (Å²) in [5, 5.41) is 32.0.